The predicted molar refractivity (Wildman–Crippen MR) is 146 cm³/mol. The Labute approximate surface area is 239 Å². The third-order valence-electron chi connectivity index (χ3n) is 5.87. The molecule has 0 radical (unpaired) electrons. The van der Waals surface area contributed by atoms with Crippen molar-refractivity contribution in [1.29, 1.82) is 0 Å². The average molecular weight is 587 g/mol. The monoisotopic (exact) mass is 586 g/mol. The molecular weight excluding hydrogens is 558 g/mol. The summed E-state index contributed by atoms with van der Waals surface area (Å²) in [6, 6.07) is 8.39. The minimum Gasteiger partial charge on any atom is -0.443 e. The zero-order valence-corrected chi connectivity index (χ0v) is 23.4. The summed E-state index contributed by atoms with van der Waals surface area (Å²) in [5.41, 5.74) is 0.435. The number of thiocarbonyl (C=S) groups is 1. The van der Waals surface area contributed by atoms with Crippen molar-refractivity contribution in [3.63, 3.8) is 0 Å². The van der Waals surface area contributed by atoms with Crippen molar-refractivity contribution in [3.8, 4) is 5.69 Å². The van der Waals surface area contributed by atoms with E-state index in [-0.39, 0.29) is 17.2 Å². The summed E-state index contributed by atoms with van der Waals surface area (Å²) in [6.07, 6.45) is 2.98. The molecule has 0 saturated heterocycles. The van der Waals surface area contributed by atoms with Crippen LogP contribution >= 0.6 is 12.2 Å². The number of carbonyl (C=O) groups is 1. The van der Waals surface area contributed by atoms with Gasteiger partial charge in [-0.3, -0.25) is 5.01 Å². The van der Waals surface area contributed by atoms with Crippen LogP contribution in [0.5, 0.6) is 0 Å². The second-order valence-corrected chi connectivity index (χ2v) is 10.4. The number of hydrazine groups is 1. The van der Waals surface area contributed by atoms with Crippen molar-refractivity contribution < 1.29 is 23.4 Å². The number of amides is 1. The van der Waals surface area contributed by atoms with Crippen LogP contribution in [0.4, 0.5) is 19.3 Å². The summed E-state index contributed by atoms with van der Waals surface area (Å²) in [5.74, 6) is -1.83. The van der Waals surface area contributed by atoms with Crippen LogP contribution in [0.3, 0.4) is 0 Å². The topological polar surface area (TPSA) is 148 Å². The number of rotatable bonds is 7. The maximum atomic E-state index is 15.1. The first-order valence-electron chi connectivity index (χ1n) is 12.3. The smallest absolute Gasteiger partial charge is 0.426 e. The molecule has 0 saturated carbocycles. The summed E-state index contributed by atoms with van der Waals surface area (Å²) >= 11 is 5.63. The average Bonchev–Trinajstić information content (AvgIpc) is 3.61. The summed E-state index contributed by atoms with van der Waals surface area (Å²) in [6.45, 7) is 6.21. The number of ether oxygens (including phenoxy) is 1. The van der Waals surface area contributed by atoms with Gasteiger partial charge in [0.2, 0.25) is 0 Å². The minimum atomic E-state index is -2.13. The first-order chi connectivity index (χ1) is 19.4. The van der Waals surface area contributed by atoms with Crippen molar-refractivity contribution in [2.24, 2.45) is 0 Å². The Morgan fingerprint density at radius 3 is 2.46 bits per heavy atom. The van der Waals surface area contributed by atoms with Crippen LogP contribution in [0.25, 0.3) is 5.69 Å². The normalized spacial score (nSPS) is 13.6. The van der Waals surface area contributed by atoms with E-state index in [0.717, 1.165) is 17.1 Å². The number of aromatic nitrogens is 7. The van der Waals surface area contributed by atoms with Crippen LogP contribution in [0.1, 0.15) is 33.3 Å². The summed E-state index contributed by atoms with van der Waals surface area (Å²) in [5, 5.41) is 31.6. The molecular formula is C25H28F2N10O3S. The predicted octanol–water partition coefficient (Wildman–Crippen LogP) is 2.95. The lowest BCUT2D eigenvalue weighted by Crippen LogP contribution is -2.61. The molecule has 3 N–H and O–H groups in total. The van der Waals surface area contributed by atoms with E-state index in [0.29, 0.717) is 17.4 Å². The van der Waals surface area contributed by atoms with Crippen molar-refractivity contribution in [1.82, 2.24) is 45.4 Å². The first-order valence-corrected chi connectivity index (χ1v) is 12.7. The molecule has 13 nitrogen and oxygen atoms in total. The lowest BCUT2D eigenvalue weighted by molar-refractivity contribution is -0.0574. The van der Waals surface area contributed by atoms with Crippen molar-refractivity contribution in [2.75, 3.05) is 5.32 Å². The Morgan fingerprint density at radius 1 is 1.15 bits per heavy atom. The molecule has 1 amide bonds. The number of nitrogens with one attached hydrogen (secondary N) is 2. The van der Waals surface area contributed by atoms with Gasteiger partial charge in [-0.2, -0.15) is 5.10 Å². The molecule has 2 atom stereocenters. The largest absolute Gasteiger partial charge is 0.443 e. The highest BCUT2D eigenvalue weighted by Gasteiger charge is 2.44. The molecule has 4 aromatic rings. The highest BCUT2D eigenvalue weighted by atomic mass is 32.1. The number of carbonyl (C=O) groups excluding carboxylic acids is 1. The molecule has 2 heterocycles. The number of hydrogen-bond donors (Lipinski definition) is 3. The third-order valence-corrected chi connectivity index (χ3v) is 6.17. The van der Waals surface area contributed by atoms with E-state index in [1.165, 1.54) is 35.4 Å². The SMILES string of the molecule is C[C@@H](N(NC(=O)OC(C)(C)C)C(=S)Nc1ccc(-n2ncnn2)cc1)[C@](O)(Cn1cncn1)c1ccc(F)cc1F. The Bertz CT molecular complexity index is 1480. The van der Waals surface area contributed by atoms with Crippen molar-refractivity contribution >= 4 is 29.1 Å². The molecule has 0 bridgehead atoms. The van der Waals surface area contributed by atoms with Crippen LogP contribution < -0.4 is 10.7 Å². The number of hydrogen-bond acceptors (Lipinski definition) is 9. The maximum absolute atomic E-state index is 15.1. The van der Waals surface area contributed by atoms with Crippen molar-refractivity contribution in [3.05, 3.63) is 78.6 Å². The molecule has 0 unspecified atom stereocenters. The van der Waals surface area contributed by atoms with E-state index in [1.807, 2.05) is 0 Å². The van der Waals surface area contributed by atoms with Crippen LogP contribution in [0.15, 0.2) is 61.4 Å². The van der Waals surface area contributed by atoms with Gasteiger partial charge in [0.1, 0.15) is 35.5 Å². The summed E-state index contributed by atoms with van der Waals surface area (Å²) in [4.78, 5) is 18.1. The highest BCUT2D eigenvalue weighted by Crippen LogP contribution is 2.33. The van der Waals surface area contributed by atoms with E-state index in [2.05, 4.69) is 36.2 Å². The van der Waals surface area contributed by atoms with Crippen LogP contribution in [0, 0.1) is 11.6 Å². The van der Waals surface area contributed by atoms with E-state index < -0.39 is 35.0 Å². The van der Waals surface area contributed by atoms with Gasteiger partial charge >= 0.3 is 6.09 Å². The summed E-state index contributed by atoms with van der Waals surface area (Å²) < 4.78 is 35.6. The molecule has 4 rings (SSSR count). The Hall–Kier alpha value is -4.57. The number of tetrazole rings is 1. The fourth-order valence-electron chi connectivity index (χ4n) is 3.93. The van der Waals surface area contributed by atoms with Crippen LogP contribution in [-0.2, 0) is 16.9 Å². The van der Waals surface area contributed by atoms with Gasteiger partial charge in [0.25, 0.3) is 0 Å². The molecule has 0 fully saturated rings. The van der Waals surface area contributed by atoms with Gasteiger partial charge in [0.05, 0.1) is 18.3 Å². The lowest BCUT2D eigenvalue weighted by Gasteiger charge is -2.42. The molecule has 16 heteroatoms. The van der Waals surface area contributed by atoms with E-state index in [1.54, 1.807) is 45.0 Å². The fraction of sp³-hybridized carbons (Fsp3) is 0.320. The van der Waals surface area contributed by atoms with Gasteiger partial charge in [0, 0.05) is 17.3 Å². The summed E-state index contributed by atoms with van der Waals surface area (Å²) in [7, 11) is 0. The minimum absolute atomic E-state index is 0.0745. The molecule has 0 aliphatic carbocycles. The lowest BCUT2D eigenvalue weighted by atomic mass is 9.86. The van der Waals surface area contributed by atoms with E-state index in [9.17, 15) is 14.3 Å². The van der Waals surface area contributed by atoms with Gasteiger partial charge in [-0.25, -0.2) is 28.7 Å². The third kappa shape index (κ3) is 7.15. The number of benzene rings is 2. The van der Waals surface area contributed by atoms with Gasteiger partial charge in [0.15, 0.2) is 11.4 Å². The standard InChI is InChI=1S/C25H28F2N10O3S/c1-16(25(39,12-35-15-28-13-30-35)20-10-5-17(26)11-21(20)27)36(33-23(38)40-24(2,3)4)22(41)32-18-6-8-19(9-7-18)37-31-14-29-34-37/h5-11,13-16,39H,12H2,1-4H3,(H,32,41)(H,33,38)/t16-,25-/m1/s1. The Balaban J connectivity index is 1.69. The molecule has 2 aromatic carbocycles. The fourth-order valence-corrected chi connectivity index (χ4v) is 4.25. The second-order valence-electron chi connectivity index (χ2n) is 10.0. The number of halogens is 2. The molecule has 41 heavy (non-hydrogen) atoms. The number of anilines is 1. The highest BCUT2D eigenvalue weighted by molar-refractivity contribution is 7.80. The van der Waals surface area contributed by atoms with Gasteiger partial charge in [-0.05, 0) is 75.5 Å². The molecule has 0 aliphatic heterocycles. The number of aliphatic hydroxyl groups is 1. The van der Waals surface area contributed by atoms with Crippen molar-refractivity contribution in [2.45, 2.75) is 51.5 Å². The van der Waals surface area contributed by atoms with Gasteiger partial charge < -0.3 is 15.2 Å². The van der Waals surface area contributed by atoms with Crippen LogP contribution in [0.2, 0.25) is 0 Å². The van der Waals surface area contributed by atoms with Gasteiger partial charge in [-0.1, -0.05) is 6.07 Å². The molecule has 216 valence electrons. The van der Waals surface area contributed by atoms with E-state index in [4.69, 9.17) is 17.0 Å². The van der Waals surface area contributed by atoms with Crippen LogP contribution in [-0.4, -0.2) is 67.9 Å². The zero-order valence-electron chi connectivity index (χ0n) is 22.6. The van der Waals surface area contributed by atoms with E-state index >= 15 is 4.39 Å². The zero-order chi connectivity index (χ0) is 29.8. The van der Waals surface area contributed by atoms with Gasteiger partial charge in [-0.15, -0.1) is 15.0 Å². The molecule has 2 aromatic heterocycles. The Kier molecular flexibility index (Phi) is 8.53. The second kappa shape index (κ2) is 11.9. The first kappa shape index (κ1) is 29.4. The molecule has 0 aliphatic rings. The quantitative estimate of drug-likeness (QED) is 0.217. The maximum Gasteiger partial charge on any atom is 0.426 e. The molecule has 0 spiro atoms. The number of nitrogens with zero attached hydrogens (tertiary/aromatic N) is 8. The Morgan fingerprint density at radius 2 is 1.88 bits per heavy atom.